The van der Waals surface area contributed by atoms with Crippen molar-refractivity contribution in [1.29, 1.82) is 0 Å². The minimum atomic E-state index is -0.138. The molecule has 1 aliphatic rings. The van der Waals surface area contributed by atoms with Crippen molar-refractivity contribution in [3.63, 3.8) is 0 Å². The van der Waals surface area contributed by atoms with Gasteiger partial charge in [0, 0.05) is 43.8 Å². The minimum Gasteiger partial charge on any atom is -0.456 e. The van der Waals surface area contributed by atoms with Gasteiger partial charge in [-0.25, -0.2) is 0 Å². The molecule has 274 valence electrons. The Kier molecular flexibility index (Phi) is 6.98. The first-order valence-electron chi connectivity index (χ1n) is 20.0. The van der Waals surface area contributed by atoms with Crippen molar-refractivity contribution in [2.75, 3.05) is 4.90 Å². The van der Waals surface area contributed by atoms with Crippen LogP contribution in [0.5, 0.6) is 0 Å². The zero-order valence-electron chi connectivity index (χ0n) is 32.2. The molecule has 9 aromatic carbocycles. The van der Waals surface area contributed by atoms with E-state index < -0.39 is 0 Å². The van der Waals surface area contributed by atoms with Gasteiger partial charge in [-0.3, -0.25) is 0 Å². The van der Waals surface area contributed by atoms with E-state index in [-0.39, 0.29) is 5.41 Å². The van der Waals surface area contributed by atoms with Crippen LogP contribution in [0.4, 0.5) is 17.1 Å². The van der Waals surface area contributed by atoms with Crippen LogP contribution in [0.25, 0.3) is 88.0 Å². The van der Waals surface area contributed by atoms with E-state index in [1.807, 2.05) is 12.1 Å². The summed E-state index contributed by atoms with van der Waals surface area (Å²) in [5.74, 6) is 0. The van der Waals surface area contributed by atoms with Gasteiger partial charge in [-0.15, -0.1) is 0 Å². The van der Waals surface area contributed by atoms with Gasteiger partial charge >= 0.3 is 0 Å². The Morgan fingerprint density at radius 3 is 1.88 bits per heavy atom. The van der Waals surface area contributed by atoms with Gasteiger partial charge in [-0.05, 0) is 105 Å². The largest absolute Gasteiger partial charge is 0.456 e. The van der Waals surface area contributed by atoms with E-state index in [4.69, 9.17) is 8.83 Å². The lowest BCUT2D eigenvalue weighted by Crippen LogP contribution is -2.16. The highest BCUT2D eigenvalue weighted by Gasteiger charge is 2.38. The molecule has 2 aromatic heterocycles. The summed E-state index contributed by atoms with van der Waals surface area (Å²) in [6.07, 6.45) is 0. The molecule has 1 aliphatic carbocycles. The molecule has 12 rings (SSSR count). The molecule has 0 atom stereocenters. The fourth-order valence-electron chi connectivity index (χ4n) is 9.68. The number of rotatable bonds is 5. The Bertz CT molecular complexity index is 3440. The highest BCUT2D eigenvalue weighted by molar-refractivity contribution is 6.13. The van der Waals surface area contributed by atoms with Crippen molar-refractivity contribution in [2.45, 2.75) is 19.3 Å². The van der Waals surface area contributed by atoms with Gasteiger partial charge in [0.15, 0.2) is 0 Å². The lowest BCUT2D eigenvalue weighted by atomic mass is 9.82. The second-order valence-corrected chi connectivity index (χ2v) is 16.1. The second-order valence-electron chi connectivity index (χ2n) is 16.1. The molecule has 0 saturated heterocycles. The first-order chi connectivity index (χ1) is 28.5. The zero-order chi connectivity index (χ0) is 38.5. The van der Waals surface area contributed by atoms with Crippen molar-refractivity contribution >= 4 is 71.7 Å². The number of furan rings is 2. The SMILES string of the molecule is CC1(C)c2ccccc2-c2c(N(c3ccc(-c4cccc5oc6ccccc6c45)cc3)c3ccccc3-c3ccc4oc5cc6ccccc6cc5c4c3)cccc21. The van der Waals surface area contributed by atoms with Gasteiger partial charge in [0.1, 0.15) is 22.3 Å². The Balaban J connectivity index is 1.07. The predicted octanol–water partition coefficient (Wildman–Crippen LogP) is 15.7. The fraction of sp³-hybridized carbons (Fsp3) is 0.0545. The molecule has 0 bridgehead atoms. The highest BCUT2D eigenvalue weighted by Crippen LogP contribution is 2.55. The molecule has 0 amide bonds. The van der Waals surface area contributed by atoms with E-state index in [2.05, 4.69) is 195 Å². The van der Waals surface area contributed by atoms with Crippen molar-refractivity contribution in [3.8, 4) is 33.4 Å². The van der Waals surface area contributed by atoms with Crippen molar-refractivity contribution in [2.24, 2.45) is 0 Å². The molecule has 0 unspecified atom stereocenters. The Labute approximate surface area is 336 Å². The smallest absolute Gasteiger partial charge is 0.136 e. The summed E-state index contributed by atoms with van der Waals surface area (Å²) in [5.41, 5.74) is 16.6. The molecule has 11 aromatic rings. The van der Waals surface area contributed by atoms with Gasteiger partial charge in [-0.1, -0.05) is 141 Å². The predicted molar refractivity (Wildman–Crippen MR) is 242 cm³/mol. The van der Waals surface area contributed by atoms with Crippen LogP contribution in [0.1, 0.15) is 25.0 Å². The minimum absolute atomic E-state index is 0.138. The number of anilines is 3. The molecule has 0 N–H and O–H groups in total. The van der Waals surface area contributed by atoms with Crippen LogP contribution < -0.4 is 4.90 Å². The van der Waals surface area contributed by atoms with Crippen LogP contribution in [0, 0.1) is 0 Å². The molecule has 0 radical (unpaired) electrons. The molecule has 0 aliphatic heterocycles. The number of hydrogen-bond donors (Lipinski definition) is 0. The number of fused-ring (bicyclic) bond motifs is 10. The van der Waals surface area contributed by atoms with Crippen molar-refractivity contribution in [1.82, 2.24) is 0 Å². The first kappa shape index (κ1) is 32.8. The van der Waals surface area contributed by atoms with Crippen LogP contribution in [0.15, 0.2) is 197 Å². The van der Waals surface area contributed by atoms with Gasteiger partial charge in [0.2, 0.25) is 0 Å². The van der Waals surface area contributed by atoms with E-state index in [1.165, 1.54) is 33.0 Å². The summed E-state index contributed by atoms with van der Waals surface area (Å²) >= 11 is 0. The Morgan fingerprint density at radius 1 is 0.397 bits per heavy atom. The van der Waals surface area contributed by atoms with E-state index in [0.29, 0.717) is 0 Å². The van der Waals surface area contributed by atoms with Crippen molar-refractivity contribution in [3.05, 3.63) is 199 Å². The number of para-hydroxylation sites is 2. The topological polar surface area (TPSA) is 29.5 Å². The van der Waals surface area contributed by atoms with Gasteiger partial charge in [0.25, 0.3) is 0 Å². The molecule has 3 heteroatoms. The molecular formula is C55H37NO2. The number of nitrogens with zero attached hydrogens (tertiary/aromatic N) is 1. The number of benzene rings is 9. The molecular weight excluding hydrogens is 707 g/mol. The van der Waals surface area contributed by atoms with Crippen LogP contribution in [-0.2, 0) is 5.41 Å². The third-order valence-electron chi connectivity index (χ3n) is 12.5. The third-order valence-corrected chi connectivity index (χ3v) is 12.5. The van der Waals surface area contributed by atoms with E-state index in [9.17, 15) is 0 Å². The maximum Gasteiger partial charge on any atom is 0.136 e. The fourth-order valence-corrected chi connectivity index (χ4v) is 9.68. The zero-order valence-corrected chi connectivity index (χ0v) is 32.2. The maximum absolute atomic E-state index is 6.45. The maximum atomic E-state index is 6.45. The van der Waals surface area contributed by atoms with E-state index in [1.54, 1.807) is 0 Å². The number of hydrogen-bond acceptors (Lipinski definition) is 3. The lowest BCUT2D eigenvalue weighted by Gasteiger charge is -2.30. The van der Waals surface area contributed by atoms with Crippen molar-refractivity contribution < 1.29 is 8.83 Å². The van der Waals surface area contributed by atoms with Crippen LogP contribution in [-0.4, -0.2) is 0 Å². The third kappa shape index (κ3) is 4.80. The first-order valence-corrected chi connectivity index (χ1v) is 20.0. The quantitative estimate of drug-likeness (QED) is 0.176. The lowest BCUT2D eigenvalue weighted by molar-refractivity contribution is 0.660. The molecule has 3 nitrogen and oxygen atoms in total. The average molecular weight is 744 g/mol. The molecule has 0 spiro atoms. The van der Waals surface area contributed by atoms with Crippen LogP contribution in [0.3, 0.4) is 0 Å². The van der Waals surface area contributed by atoms with E-state index >= 15 is 0 Å². The summed E-state index contributed by atoms with van der Waals surface area (Å²) in [4.78, 5) is 2.47. The standard InChI is InChI=1S/C55H37NO2/c1-55(2)45-19-8-5-16-41(45)54-46(55)20-12-22-48(54)56(38-28-25-34(26-29-38)40-18-11-24-51-53(40)42-17-7-10-23-49(42)57-51)47-21-9-6-15-39(47)37-27-30-50-43(32-37)44-31-35-13-3-4-14-36(35)33-52(44)58-50/h3-33H,1-2H3. The summed E-state index contributed by atoms with van der Waals surface area (Å²) in [6.45, 7) is 4.70. The van der Waals surface area contributed by atoms with Crippen LogP contribution in [0.2, 0.25) is 0 Å². The molecule has 2 heterocycles. The molecule has 0 fully saturated rings. The van der Waals surface area contributed by atoms with Crippen LogP contribution >= 0.6 is 0 Å². The summed E-state index contributed by atoms with van der Waals surface area (Å²) in [7, 11) is 0. The Morgan fingerprint density at radius 2 is 1.00 bits per heavy atom. The van der Waals surface area contributed by atoms with Gasteiger partial charge in [0.05, 0.1) is 11.4 Å². The van der Waals surface area contributed by atoms with Gasteiger partial charge in [-0.2, -0.15) is 0 Å². The monoisotopic (exact) mass is 743 g/mol. The normalized spacial score (nSPS) is 13.1. The summed E-state index contributed by atoms with van der Waals surface area (Å²) in [6, 6.07) is 67.8. The Hall–Kier alpha value is -7.36. The molecule has 0 saturated carbocycles. The van der Waals surface area contributed by atoms with Gasteiger partial charge < -0.3 is 13.7 Å². The second kappa shape index (κ2) is 12.3. The summed E-state index contributed by atoms with van der Waals surface area (Å²) < 4.78 is 12.7. The summed E-state index contributed by atoms with van der Waals surface area (Å²) in [5, 5.41) is 6.89. The average Bonchev–Trinajstić information content (AvgIpc) is 3.90. The molecule has 58 heavy (non-hydrogen) atoms. The van der Waals surface area contributed by atoms with E-state index in [0.717, 1.165) is 83.2 Å². The highest BCUT2D eigenvalue weighted by atomic mass is 16.3.